The molecule has 0 saturated heterocycles. The van der Waals surface area contributed by atoms with E-state index in [0.717, 1.165) is 17.5 Å². The second kappa shape index (κ2) is 8.26. The first-order valence-corrected chi connectivity index (χ1v) is 9.88. The van der Waals surface area contributed by atoms with Gasteiger partial charge in [-0.25, -0.2) is 0 Å². The van der Waals surface area contributed by atoms with Crippen LogP contribution in [0.2, 0.25) is 10.0 Å². The summed E-state index contributed by atoms with van der Waals surface area (Å²) in [4.78, 5) is 14.9. The van der Waals surface area contributed by atoms with Crippen molar-refractivity contribution in [3.8, 4) is 5.75 Å². The van der Waals surface area contributed by atoms with Gasteiger partial charge in [0, 0.05) is 16.6 Å². The molecule has 3 nitrogen and oxygen atoms in total. The third-order valence-electron chi connectivity index (χ3n) is 4.94. The Morgan fingerprint density at radius 1 is 0.964 bits per heavy atom. The van der Waals surface area contributed by atoms with Crippen LogP contribution in [0.25, 0.3) is 0 Å². The minimum Gasteiger partial charge on any atom is -0.484 e. The van der Waals surface area contributed by atoms with Crippen LogP contribution in [0.5, 0.6) is 5.75 Å². The molecule has 0 aromatic heterocycles. The largest absolute Gasteiger partial charge is 0.484 e. The fourth-order valence-electron chi connectivity index (χ4n) is 3.63. The van der Waals surface area contributed by atoms with Gasteiger partial charge in [0.25, 0.3) is 5.91 Å². The highest BCUT2D eigenvalue weighted by molar-refractivity contribution is 6.30. The number of rotatable bonds is 4. The molecule has 0 bridgehead atoms. The van der Waals surface area contributed by atoms with E-state index in [-0.39, 0.29) is 18.6 Å². The van der Waals surface area contributed by atoms with Crippen molar-refractivity contribution in [2.24, 2.45) is 0 Å². The number of nitrogens with zero attached hydrogens (tertiary/aromatic N) is 1. The number of amides is 1. The lowest BCUT2D eigenvalue weighted by molar-refractivity contribution is -0.135. The number of hydrogen-bond acceptors (Lipinski definition) is 2. The maximum absolute atomic E-state index is 13.1. The first-order valence-electron chi connectivity index (χ1n) is 9.13. The molecule has 3 aromatic carbocycles. The van der Waals surface area contributed by atoms with Gasteiger partial charge in [-0.1, -0.05) is 59.6 Å². The second-order valence-electron chi connectivity index (χ2n) is 6.74. The van der Waals surface area contributed by atoms with Crippen LogP contribution in [-0.2, 0) is 11.2 Å². The highest BCUT2D eigenvalue weighted by Crippen LogP contribution is 2.36. The Hall–Kier alpha value is -2.49. The van der Waals surface area contributed by atoms with Gasteiger partial charge >= 0.3 is 0 Å². The van der Waals surface area contributed by atoms with Crippen LogP contribution in [0.3, 0.4) is 0 Å². The van der Waals surface area contributed by atoms with Gasteiger partial charge in [0.05, 0.1) is 6.04 Å². The highest BCUT2D eigenvalue weighted by atomic mass is 35.5. The maximum atomic E-state index is 13.1. The predicted molar refractivity (Wildman–Crippen MR) is 112 cm³/mol. The van der Waals surface area contributed by atoms with Crippen LogP contribution in [0, 0.1) is 0 Å². The lowest BCUT2D eigenvalue weighted by Gasteiger charge is -2.37. The Bertz CT molecular complexity index is 988. The summed E-state index contributed by atoms with van der Waals surface area (Å²) >= 11 is 12.1. The van der Waals surface area contributed by atoms with Gasteiger partial charge in [-0.3, -0.25) is 4.79 Å². The Morgan fingerprint density at radius 2 is 1.75 bits per heavy atom. The summed E-state index contributed by atoms with van der Waals surface area (Å²) in [5.74, 6) is 0.559. The van der Waals surface area contributed by atoms with E-state index in [4.69, 9.17) is 27.9 Å². The normalized spacial score (nSPS) is 15.8. The fraction of sp³-hybridized carbons (Fsp3) is 0.174. The van der Waals surface area contributed by atoms with Crippen LogP contribution < -0.4 is 4.74 Å². The molecule has 28 heavy (non-hydrogen) atoms. The summed E-state index contributed by atoms with van der Waals surface area (Å²) in [5.41, 5.74) is 3.39. The molecule has 0 radical (unpaired) electrons. The van der Waals surface area contributed by atoms with E-state index < -0.39 is 0 Å². The first-order chi connectivity index (χ1) is 13.6. The maximum Gasteiger partial charge on any atom is 0.261 e. The van der Waals surface area contributed by atoms with Gasteiger partial charge in [0.2, 0.25) is 0 Å². The molecule has 0 spiro atoms. The van der Waals surface area contributed by atoms with Crippen molar-refractivity contribution >= 4 is 29.1 Å². The van der Waals surface area contributed by atoms with E-state index in [9.17, 15) is 4.79 Å². The molecule has 0 N–H and O–H groups in total. The van der Waals surface area contributed by atoms with Crippen LogP contribution in [-0.4, -0.2) is 24.0 Å². The van der Waals surface area contributed by atoms with Crippen LogP contribution in [0.1, 0.15) is 22.7 Å². The minimum absolute atomic E-state index is 0.0269. The molecule has 1 aliphatic rings. The molecular formula is C23H19Cl2NO2. The smallest absolute Gasteiger partial charge is 0.261 e. The summed E-state index contributed by atoms with van der Waals surface area (Å²) in [6.07, 6.45) is 0.819. The van der Waals surface area contributed by atoms with Gasteiger partial charge < -0.3 is 9.64 Å². The summed E-state index contributed by atoms with van der Waals surface area (Å²) in [6.45, 7) is 0.609. The van der Waals surface area contributed by atoms with E-state index in [0.29, 0.717) is 22.3 Å². The summed E-state index contributed by atoms with van der Waals surface area (Å²) < 4.78 is 5.70. The molecule has 1 atom stereocenters. The van der Waals surface area contributed by atoms with Crippen molar-refractivity contribution < 1.29 is 9.53 Å². The number of carbonyl (C=O) groups is 1. The molecule has 1 heterocycles. The molecule has 4 rings (SSSR count). The quantitative estimate of drug-likeness (QED) is 0.563. The van der Waals surface area contributed by atoms with Crippen molar-refractivity contribution in [3.05, 3.63) is 99.5 Å². The zero-order valence-electron chi connectivity index (χ0n) is 15.1. The van der Waals surface area contributed by atoms with Crippen LogP contribution >= 0.6 is 23.2 Å². The van der Waals surface area contributed by atoms with Crippen molar-refractivity contribution in [2.75, 3.05) is 13.2 Å². The molecule has 1 aliphatic heterocycles. The van der Waals surface area contributed by atoms with Crippen LogP contribution in [0.15, 0.2) is 72.8 Å². The molecule has 0 fully saturated rings. The van der Waals surface area contributed by atoms with Crippen molar-refractivity contribution in [2.45, 2.75) is 12.5 Å². The van der Waals surface area contributed by atoms with Crippen LogP contribution in [0.4, 0.5) is 0 Å². The third-order valence-corrected chi connectivity index (χ3v) is 5.43. The van der Waals surface area contributed by atoms with E-state index in [1.54, 1.807) is 24.3 Å². The van der Waals surface area contributed by atoms with Gasteiger partial charge in [-0.2, -0.15) is 0 Å². The monoisotopic (exact) mass is 411 g/mol. The second-order valence-corrected chi connectivity index (χ2v) is 7.61. The lowest BCUT2D eigenvalue weighted by Crippen LogP contribution is -2.42. The molecular weight excluding hydrogens is 393 g/mol. The summed E-state index contributed by atoms with van der Waals surface area (Å²) in [6, 6.07) is 22.8. The predicted octanol–water partition coefficient (Wildman–Crippen LogP) is 5.55. The first kappa shape index (κ1) is 18.9. The number of fused-ring (bicyclic) bond motifs is 1. The zero-order valence-corrected chi connectivity index (χ0v) is 16.7. The molecule has 0 saturated carbocycles. The average molecular weight is 412 g/mol. The standard InChI is InChI=1S/C23H19Cl2NO2/c24-18-8-10-20(11-9-18)28-15-22(27)26-13-12-16-4-1-2-7-21(16)23(26)17-5-3-6-19(25)14-17/h1-11,14,23H,12-13,15H2. The Balaban J connectivity index is 1.61. The Morgan fingerprint density at radius 3 is 2.54 bits per heavy atom. The third kappa shape index (κ3) is 4.01. The summed E-state index contributed by atoms with van der Waals surface area (Å²) in [5, 5.41) is 1.29. The Kier molecular flexibility index (Phi) is 5.56. The number of ether oxygens (including phenoxy) is 1. The van der Waals surface area contributed by atoms with Gasteiger partial charge in [0.15, 0.2) is 6.61 Å². The van der Waals surface area contributed by atoms with Gasteiger partial charge in [-0.05, 0) is 59.5 Å². The van der Waals surface area contributed by atoms with E-state index in [2.05, 4.69) is 12.1 Å². The van der Waals surface area contributed by atoms with Gasteiger partial charge in [-0.15, -0.1) is 0 Å². The lowest BCUT2D eigenvalue weighted by atomic mass is 9.88. The van der Waals surface area contributed by atoms with Crippen molar-refractivity contribution in [1.29, 1.82) is 0 Å². The van der Waals surface area contributed by atoms with E-state index >= 15 is 0 Å². The van der Waals surface area contributed by atoms with E-state index in [1.165, 1.54) is 5.56 Å². The number of benzene rings is 3. The molecule has 3 aromatic rings. The average Bonchev–Trinajstić information content (AvgIpc) is 2.72. The van der Waals surface area contributed by atoms with Gasteiger partial charge in [0.1, 0.15) is 5.75 Å². The fourth-order valence-corrected chi connectivity index (χ4v) is 3.95. The molecule has 5 heteroatoms. The number of halogens is 2. The van der Waals surface area contributed by atoms with Crippen molar-refractivity contribution in [1.82, 2.24) is 4.90 Å². The Labute approximate surface area is 174 Å². The van der Waals surface area contributed by atoms with E-state index in [1.807, 2.05) is 41.3 Å². The number of hydrogen-bond donors (Lipinski definition) is 0. The summed E-state index contributed by atoms with van der Waals surface area (Å²) in [7, 11) is 0. The minimum atomic E-state index is -0.176. The SMILES string of the molecule is O=C(COc1ccc(Cl)cc1)N1CCc2ccccc2C1c1cccc(Cl)c1. The topological polar surface area (TPSA) is 29.5 Å². The number of carbonyl (C=O) groups excluding carboxylic acids is 1. The van der Waals surface area contributed by atoms with Crippen molar-refractivity contribution in [3.63, 3.8) is 0 Å². The highest BCUT2D eigenvalue weighted by Gasteiger charge is 2.32. The molecule has 142 valence electrons. The molecule has 1 unspecified atom stereocenters. The molecule has 0 aliphatic carbocycles. The zero-order chi connectivity index (χ0) is 19.5. The molecule has 1 amide bonds.